The van der Waals surface area contributed by atoms with Crippen molar-refractivity contribution in [3.8, 4) is 0 Å². The van der Waals surface area contributed by atoms with Gasteiger partial charge in [0.1, 0.15) is 17.2 Å². The Kier molecular flexibility index (Phi) is 2.60. The van der Waals surface area contributed by atoms with E-state index < -0.39 is 17.6 Å². The maximum Gasteiger partial charge on any atom is 0.356 e. The highest BCUT2D eigenvalue weighted by Gasteiger charge is 2.24. The van der Waals surface area contributed by atoms with Crippen LogP contribution < -0.4 is 5.32 Å². The molecule has 5 heteroatoms. The first-order chi connectivity index (χ1) is 7.61. The number of carbonyl (C=O) groups excluding carboxylic acids is 1. The van der Waals surface area contributed by atoms with Crippen molar-refractivity contribution in [3.63, 3.8) is 0 Å². The summed E-state index contributed by atoms with van der Waals surface area (Å²) in [6, 6.07) is 1.85. The van der Waals surface area contributed by atoms with Crippen LogP contribution in [0, 0.1) is 11.6 Å². The predicted octanol–water partition coefficient (Wildman–Crippen LogP) is 2.12. The number of benzene rings is 1. The van der Waals surface area contributed by atoms with E-state index in [-0.39, 0.29) is 23.6 Å². The summed E-state index contributed by atoms with van der Waals surface area (Å²) >= 11 is 0. The molecule has 1 aromatic rings. The zero-order valence-corrected chi connectivity index (χ0v) is 8.46. The molecule has 1 aromatic carbocycles. The Morgan fingerprint density at radius 3 is 2.88 bits per heavy atom. The summed E-state index contributed by atoms with van der Waals surface area (Å²) in [5.74, 6) is -2.13. The third-order valence-electron chi connectivity index (χ3n) is 2.07. The van der Waals surface area contributed by atoms with Crippen LogP contribution in [0.15, 0.2) is 17.8 Å². The summed E-state index contributed by atoms with van der Waals surface area (Å²) in [6.07, 6.45) is 1.31. The summed E-state index contributed by atoms with van der Waals surface area (Å²) in [5, 5.41) is 3.76. The Morgan fingerprint density at radius 2 is 2.19 bits per heavy atom. The van der Waals surface area contributed by atoms with E-state index in [1.807, 2.05) is 0 Å². The standard InChI is InChI=1S/C11H8F2NO2/c1-2-16-11(15)9-4-6-3-7(12)5-8(13)10(6)14-9/h3-5H,2H2,1H3. The molecule has 1 aliphatic rings. The Hall–Kier alpha value is -1.91. The maximum absolute atomic E-state index is 13.3. The molecule has 1 aliphatic heterocycles. The second-order valence-corrected chi connectivity index (χ2v) is 3.19. The minimum absolute atomic E-state index is 0.0126. The number of halogens is 2. The average Bonchev–Trinajstić information content (AvgIpc) is 2.62. The summed E-state index contributed by atoms with van der Waals surface area (Å²) in [6.45, 7) is 1.86. The minimum atomic E-state index is -0.787. The maximum atomic E-state index is 13.3. The summed E-state index contributed by atoms with van der Waals surface area (Å²) in [7, 11) is 0. The van der Waals surface area contributed by atoms with Crippen LogP contribution in [0.25, 0.3) is 6.08 Å². The molecule has 0 unspecified atom stereocenters. The molecule has 0 atom stereocenters. The topological polar surface area (TPSA) is 40.4 Å². The van der Waals surface area contributed by atoms with Gasteiger partial charge in [-0.15, -0.1) is 0 Å². The van der Waals surface area contributed by atoms with E-state index in [1.54, 1.807) is 6.92 Å². The van der Waals surface area contributed by atoms with Crippen LogP contribution in [0.5, 0.6) is 0 Å². The lowest BCUT2D eigenvalue weighted by Gasteiger charge is -2.02. The molecule has 0 saturated carbocycles. The van der Waals surface area contributed by atoms with Gasteiger partial charge >= 0.3 is 5.97 Å². The zero-order chi connectivity index (χ0) is 11.7. The molecule has 2 rings (SSSR count). The lowest BCUT2D eigenvalue weighted by Crippen LogP contribution is -2.11. The van der Waals surface area contributed by atoms with E-state index >= 15 is 0 Å². The Balaban J connectivity index is 2.31. The van der Waals surface area contributed by atoms with Crippen LogP contribution >= 0.6 is 0 Å². The highest BCUT2D eigenvalue weighted by molar-refractivity contribution is 5.97. The molecule has 0 fully saturated rings. The molecule has 83 valence electrons. The molecule has 0 aromatic heterocycles. The molecule has 1 radical (unpaired) electrons. The van der Waals surface area contributed by atoms with Crippen LogP contribution in [-0.2, 0) is 9.53 Å². The van der Waals surface area contributed by atoms with Gasteiger partial charge < -0.3 is 4.74 Å². The van der Waals surface area contributed by atoms with Gasteiger partial charge in [-0.25, -0.2) is 18.9 Å². The number of hydrogen-bond acceptors (Lipinski definition) is 2. The molecule has 1 heterocycles. The summed E-state index contributed by atoms with van der Waals surface area (Å²) < 4.78 is 30.8. The van der Waals surface area contributed by atoms with Crippen LogP contribution in [0.4, 0.5) is 14.5 Å². The first-order valence-electron chi connectivity index (χ1n) is 4.71. The quantitative estimate of drug-likeness (QED) is 0.722. The van der Waals surface area contributed by atoms with Gasteiger partial charge in [-0.05, 0) is 19.1 Å². The molecular formula is C11H8F2NO2. The normalized spacial score (nSPS) is 12.8. The lowest BCUT2D eigenvalue weighted by atomic mass is 10.2. The molecule has 0 bridgehead atoms. The monoisotopic (exact) mass is 224 g/mol. The average molecular weight is 224 g/mol. The zero-order valence-electron chi connectivity index (χ0n) is 8.46. The molecule has 3 nitrogen and oxygen atoms in total. The smallest absolute Gasteiger partial charge is 0.356 e. The first-order valence-corrected chi connectivity index (χ1v) is 4.71. The number of ether oxygens (including phenoxy) is 1. The first kappa shape index (κ1) is 10.6. The van der Waals surface area contributed by atoms with Crippen molar-refractivity contribution in [2.45, 2.75) is 6.92 Å². The van der Waals surface area contributed by atoms with E-state index in [2.05, 4.69) is 5.32 Å². The lowest BCUT2D eigenvalue weighted by molar-refractivity contribution is -0.138. The number of fused-ring (bicyclic) bond motifs is 1. The number of nitrogens with zero attached hydrogens (tertiary/aromatic N) is 1. The largest absolute Gasteiger partial charge is 0.461 e. The molecule has 0 saturated heterocycles. The number of hydrogen-bond donors (Lipinski definition) is 0. The van der Waals surface area contributed by atoms with Crippen molar-refractivity contribution in [3.05, 3.63) is 35.0 Å². The number of carbonyl (C=O) groups is 1. The van der Waals surface area contributed by atoms with Gasteiger partial charge in [0.15, 0.2) is 5.82 Å². The third-order valence-corrected chi connectivity index (χ3v) is 2.07. The molecule has 0 N–H and O–H groups in total. The van der Waals surface area contributed by atoms with E-state index in [9.17, 15) is 13.6 Å². The Bertz CT molecular complexity index is 483. The molecular weight excluding hydrogens is 216 g/mol. The van der Waals surface area contributed by atoms with E-state index in [1.165, 1.54) is 6.08 Å². The fourth-order valence-electron chi connectivity index (χ4n) is 1.42. The van der Waals surface area contributed by atoms with Crippen molar-refractivity contribution in [2.24, 2.45) is 0 Å². The fraction of sp³-hybridized carbons (Fsp3) is 0.182. The number of esters is 1. The summed E-state index contributed by atoms with van der Waals surface area (Å²) in [4.78, 5) is 11.3. The van der Waals surface area contributed by atoms with Gasteiger partial charge in [0, 0.05) is 11.6 Å². The van der Waals surface area contributed by atoms with Gasteiger partial charge in [-0.3, -0.25) is 0 Å². The van der Waals surface area contributed by atoms with Gasteiger partial charge in [-0.2, -0.15) is 0 Å². The van der Waals surface area contributed by atoms with Crippen molar-refractivity contribution < 1.29 is 18.3 Å². The SMILES string of the molecule is CCOC(=O)C1=Cc2cc(F)cc(F)c2[N]1. The van der Waals surface area contributed by atoms with Crippen LogP contribution in [-0.4, -0.2) is 12.6 Å². The Morgan fingerprint density at radius 1 is 1.44 bits per heavy atom. The van der Waals surface area contributed by atoms with E-state index in [4.69, 9.17) is 4.74 Å². The Labute approximate surface area is 90.7 Å². The van der Waals surface area contributed by atoms with Gasteiger partial charge in [0.05, 0.1) is 6.61 Å². The van der Waals surface area contributed by atoms with Crippen LogP contribution in [0.1, 0.15) is 12.5 Å². The second kappa shape index (κ2) is 3.92. The van der Waals surface area contributed by atoms with Crippen molar-refractivity contribution >= 4 is 17.7 Å². The summed E-state index contributed by atoms with van der Waals surface area (Å²) in [5.41, 5.74) is 0.214. The van der Waals surface area contributed by atoms with Crippen molar-refractivity contribution in [1.82, 2.24) is 5.32 Å². The van der Waals surface area contributed by atoms with Crippen molar-refractivity contribution in [2.75, 3.05) is 6.61 Å². The second-order valence-electron chi connectivity index (χ2n) is 3.19. The fourth-order valence-corrected chi connectivity index (χ4v) is 1.42. The number of rotatable bonds is 2. The van der Waals surface area contributed by atoms with E-state index in [0.717, 1.165) is 12.1 Å². The molecule has 0 amide bonds. The molecule has 0 aliphatic carbocycles. The highest BCUT2D eigenvalue weighted by atomic mass is 19.1. The minimum Gasteiger partial charge on any atom is -0.461 e. The molecule has 0 spiro atoms. The van der Waals surface area contributed by atoms with Gasteiger partial charge in [-0.1, -0.05) is 0 Å². The van der Waals surface area contributed by atoms with Gasteiger partial charge in [0.2, 0.25) is 0 Å². The van der Waals surface area contributed by atoms with Crippen LogP contribution in [0.3, 0.4) is 0 Å². The highest BCUT2D eigenvalue weighted by Crippen LogP contribution is 2.31. The predicted molar refractivity (Wildman–Crippen MR) is 52.8 cm³/mol. The van der Waals surface area contributed by atoms with Crippen LogP contribution in [0.2, 0.25) is 0 Å². The molecule has 16 heavy (non-hydrogen) atoms. The van der Waals surface area contributed by atoms with Crippen molar-refractivity contribution in [1.29, 1.82) is 0 Å². The van der Waals surface area contributed by atoms with Gasteiger partial charge in [0.25, 0.3) is 0 Å². The third kappa shape index (κ3) is 1.76. The van der Waals surface area contributed by atoms with E-state index in [0.29, 0.717) is 0 Å².